The summed E-state index contributed by atoms with van der Waals surface area (Å²) in [6.45, 7) is 1.62. The van der Waals surface area contributed by atoms with Crippen molar-refractivity contribution in [1.82, 2.24) is 14.9 Å². The van der Waals surface area contributed by atoms with E-state index in [9.17, 15) is 9.59 Å². The number of aromatic nitrogens is 2. The number of H-pyrrole nitrogens is 1. The number of aromatic amines is 1. The van der Waals surface area contributed by atoms with E-state index in [1.165, 1.54) is 0 Å². The van der Waals surface area contributed by atoms with Crippen LogP contribution in [-0.2, 0) is 16.0 Å². The molecule has 0 saturated carbocycles. The molecule has 5 N–H and O–H groups in total. The summed E-state index contributed by atoms with van der Waals surface area (Å²) in [6, 6.07) is 6.71. The summed E-state index contributed by atoms with van der Waals surface area (Å²) in [5.74, 6) is -0.590. The number of anilines is 2. The summed E-state index contributed by atoms with van der Waals surface area (Å²) in [5, 5.41) is 13.2. The number of piperazine rings is 1. The zero-order valence-electron chi connectivity index (χ0n) is 18.1. The van der Waals surface area contributed by atoms with Gasteiger partial charge >= 0.3 is 0 Å². The van der Waals surface area contributed by atoms with Crippen molar-refractivity contribution in [1.29, 1.82) is 0 Å². The second-order valence-corrected chi connectivity index (χ2v) is 9.13. The van der Waals surface area contributed by atoms with Crippen LogP contribution >= 0.6 is 39.9 Å². The maximum absolute atomic E-state index is 12.9. The normalized spacial score (nSPS) is 14.6. The number of nitrogens with two attached hydrogens (primary N) is 1. The van der Waals surface area contributed by atoms with Crippen molar-refractivity contribution in [2.24, 2.45) is 5.73 Å². The molecule has 3 aromatic rings. The van der Waals surface area contributed by atoms with Crippen LogP contribution in [0.5, 0.6) is 0 Å². The number of fused-ring (bicyclic) bond motifs is 1. The number of aliphatic hydroxyl groups is 1. The number of nitrogens with zero attached hydrogens (tertiary/aromatic N) is 3. The van der Waals surface area contributed by atoms with E-state index in [4.69, 9.17) is 22.4 Å². The number of aliphatic hydroxyl groups excluding tert-OH is 1. The van der Waals surface area contributed by atoms with Gasteiger partial charge in [0.25, 0.3) is 0 Å². The molecule has 12 heteroatoms. The largest absolute Gasteiger partial charge is 0.387 e. The monoisotopic (exact) mass is 570 g/mol. The van der Waals surface area contributed by atoms with Crippen LogP contribution in [-0.4, -0.2) is 70.6 Å². The van der Waals surface area contributed by atoms with Crippen molar-refractivity contribution in [2.45, 2.75) is 12.5 Å². The molecule has 182 valence electrons. The fraction of sp³-hybridized carbons (Fsp3) is 0.318. The zero-order valence-corrected chi connectivity index (χ0v) is 21.3. The lowest BCUT2D eigenvalue weighted by Gasteiger charge is -2.37. The quantitative estimate of drug-likeness (QED) is 0.360. The second-order valence-electron chi connectivity index (χ2n) is 7.84. The van der Waals surface area contributed by atoms with Crippen molar-refractivity contribution < 1.29 is 14.7 Å². The van der Waals surface area contributed by atoms with Gasteiger partial charge in [0.05, 0.1) is 27.3 Å². The maximum Gasteiger partial charge on any atom is 0.250 e. The summed E-state index contributed by atoms with van der Waals surface area (Å²) in [6.07, 6.45) is 3.80. The molecular weight excluding hydrogens is 547 g/mol. The van der Waals surface area contributed by atoms with Crippen LogP contribution in [0.25, 0.3) is 11.0 Å². The molecule has 1 fully saturated rings. The number of carbonyl (C=O) groups is 2. The van der Waals surface area contributed by atoms with Gasteiger partial charge in [0.2, 0.25) is 11.8 Å². The lowest BCUT2D eigenvalue weighted by atomic mass is 10.1. The van der Waals surface area contributed by atoms with Gasteiger partial charge in [-0.25, -0.2) is 4.98 Å². The first-order chi connectivity index (χ1) is 15.9. The lowest BCUT2D eigenvalue weighted by molar-refractivity contribution is -0.132. The number of benzene rings is 1. The molecule has 2 aromatic heterocycles. The highest BCUT2D eigenvalue weighted by Crippen LogP contribution is 2.38. The highest BCUT2D eigenvalue weighted by Gasteiger charge is 2.28. The third kappa shape index (κ3) is 5.64. The van der Waals surface area contributed by atoms with Gasteiger partial charge < -0.3 is 30.9 Å². The molecule has 0 spiro atoms. The third-order valence-corrected chi connectivity index (χ3v) is 6.47. The first-order valence-corrected chi connectivity index (χ1v) is 11.6. The van der Waals surface area contributed by atoms with Crippen molar-refractivity contribution in [3.05, 3.63) is 51.7 Å². The Kier molecular flexibility index (Phi) is 8.78. The number of pyridine rings is 1. The minimum atomic E-state index is -0.623. The Labute approximate surface area is 216 Å². The smallest absolute Gasteiger partial charge is 0.250 e. The highest BCUT2D eigenvalue weighted by atomic mass is 79.9. The minimum absolute atomic E-state index is 0. The maximum atomic E-state index is 12.9. The fourth-order valence-electron chi connectivity index (χ4n) is 4.00. The van der Waals surface area contributed by atoms with E-state index in [2.05, 4.69) is 36.1 Å². The fourth-order valence-corrected chi connectivity index (χ4v) is 4.68. The Balaban J connectivity index is 0.00000324. The Hall–Kier alpha value is -2.37. The predicted octanol–water partition coefficient (Wildman–Crippen LogP) is 2.55. The molecule has 1 aliphatic heterocycles. The Bertz CT molecular complexity index is 1170. The van der Waals surface area contributed by atoms with Crippen LogP contribution in [0, 0.1) is 0 Å². The lowest BCUT2D eigenvalue weighted by Crippen LogP contribution is -2.53. The van der Waals surface area contributed by atoms with Crippen LogP contribution < -0.4 is 16.0 Å². The number of halogens is 3. The number of carbonyl (C=O) groups excluding carboxylic acids is 2. The molecule has 34 heavy (non-hydrogen) atoms. The van der Waals surface area contributed by atoms with Crippen molar-refractivity contribution >= 4 is 74.2 Å². The molecule has 0 bridgehead atoms. The van der Waals surface area contributed by atoms with Gasteiger partial charge in [-0.3, -0.25) is 9.59 Å². The van der Waals surface area contributed by atoms with E-state index in [1.54, 1.807) is 29.4 Å². The van der Waals surface area contributed by atoms with Gasteiger partial charge in [-0.1, -0.05) is 23.7 Å². The number of rotatable bonds is 6. The summed E-state index contributed by atoms with van der Waals surface area (Å²) < 4.78 is 0.772. The van der Waals surface area contributed by atoms with Crippen LogP contribution in [0.15, 0.2) is 41.1 Å². The topological polar surface area (TPSA) is 128 Å². The number of hydrogen-bond donors (Lipinski definition) is 4. The van der Waals surface area contributed by atoms with Gasteiger partial charge in [0.1, 0.15) is 12.3 Å². The number of nitrogens with one attached hydrogen (secondary N) is 2. The molecule has 9 nitrogen and oxygen atoms in total. The molecule has 2 amide bonds. The van der Waals surface area contributed by atoms with Crippen LogP contribution in [0.2, 0.25) is 5.02 Å². The zero-order chi connectivity index (χ0) is 23.5. The molecule has 1 aliphatic rings. The standard InChI is InChI=1S/C22H24BrClN6O3.ClH/c23-15-10-26-21-19(17(11-27-21)28-18(32)12-31)20(15)29-5-7-30(8-6-29)22(33)16(25)9-13-1-3-14(24)4-2-13;/h1-4,10-11,16,31H,5-9,12,25H2,(H,26,27)(H,28,32);1H/t16-;/m1./s1. The summed E-state index contributed by atoms with van der Waals surface area (Å²) in [5.41, 5.74) is 9.20. The van der Waals surface area contributed by atoms with Gasteiger partial charge in [0, 0.05) is 43.6 Å². The van der Waals surface area contributed by atoms with E-state index >= 15 is 0 Å². The van der Waals surface area contributed by atoms with Gasteiger partial charge in [-0.15, -0.1) is 12.4 Å². The number of amides is 2. The minimum Gasteiger partial charge on any atom is -0.387 e. The SMILES string of the molecule is Cl.N[C@H](Cc1ccc(Cl)cc1)C(=O)N1CCN(c2c(Br)cnc3[nH]cc(NC(=O)CO)c23)CC1. The molecule has 1 saturated heterocycles. The molecule has 4 rings (SSSR count). The van der Waals surface area contributed by atoms with Crippen LogP contribution in [0.3, 0.4) is 0 Å². The molecule has 0 aliphatic carbocycles. The molecular formula is C22H25BrCl2N6O3. The molecule has 1 aromatic carbocycles. The van der Waals surface area contributed by atoms with Crippen LogP contribution in [0.1, 0.15) is 5.56 Å². The first kappa shape index (κ1) is 26.2. The Morgan fingerprint density at radius 3 is 2.56 bits per heavy atom. The van der Waals surface area contributed by atoms with Crippen molar-refractivity contribution in [3.63, 3.8) is 0 Å². The Morgan fingerprint density at radius 2 is 1.91 bits per heavy atom. The van der Waals surface area contributed by atoms with E-state index in [0.717, 1.165) is 21.1 Å². The highest BCUT2D eigenvalue weighted by molar-refractivity contribution is 9.10. The third-order valence-electron chi connectivity index (χ3n) is 5.64. The summed E-state index contributed by atoms with van der Waals surface area (Å²) in [4.78, 5) is 36.0. The average molecular weight is 572 g/mol. The van der Waals surface area contributed by atoms with Gasteiger partial charge in [-0.2, -0.15) is 0 Å². The second kappa shape index (κ2) is 11.4. The molecule has 0 radical (unpaired) electrons. The van der Waals surface area contributed by atoms with Crippen molar-refractivity contribution in [3.8, 4) is 0 Å². The predicted molar refractivity (Wildman–Crippen MR) is 139 cm³/mol. The summed E-state index contributed by atoms with van der Waals surface area (Å²) >= 11 is 9.50. The number of hydrogen-bond acceptors (Lipinski definition) is 6. The van der Waals surface area contributed by atoms with Gasteiger partial charge in [0.15, 0.2) is 0 Å². The van der Waals surface area contributed by atoms with Crippen molar-refractivity contribution in [2.75, 3.05) is 43.0 Å². The van der Waals surface area contributed by atoms with E-state index in [0.29, 0.717) is 49.0 Å². The average Bonchev–Trinajstić information content (AvgIpc) is 3.22. The summed E-state index contributed by atoms with van der Waals surface area (Å²) in [7, 11) is 0. The van der Waals surface area contributed by atoms with E-state index in [-0.39, 0.29) is 18.3 Å². The van der Waals surface area contributed by atoms with Gasteiger partial charge in [-0.05, 0) is 40.0 Å². The van der Waals surface area contributed by atoms with Crippen LogP contribution in [0.4, 0.5) is 11.4 Å². The van der Waals surface area contributed by atoms with E-state index < -0.39 is 18.6 Å². The first-order valence-electron chi connectivity index (χ1n) is 10.5. The molecule has 0 unspecified atom stereocenters. The molecule has 3 heterocycles. The molecule has 1 atom stereocenters. The van der Waals surface area contributed by atoms with E-state index in [1.807, 2.05) is 12.1 Å². The Morgan fingerprint density at radius 1 is 1.24 bits per heavy atom.